The molecule has 3 spiro atoms. The van der Waals surface area contributed by atoms with Crippen LogP contribution in [0.25, 0.3) is 11.1 Å². The average Bonchev–Trinajstić information content (AvgIpc) is 1.42. The minimum absolute atomic E-state index is 0.760. The summed E-state index contributed by atoms with van der Waals surface area (Å²) in [5, 5.41) is 0. The number of hydrogen-bond acceptors (Lipinski definition) is 12. The average molecular weight is 1200 g/mol. The molecular weight excluding hydrogens is 1130 g/mol. The van der Waals surface area contributed by atoms with Crippen LogP contribution < -0.4 is 57.5 Å². The standard InChI is InChI=1S/C79H68N4O8/c1-84-65-27-9-53(10-28-65)80(54-11-29-66(85-2)30-12-54)61-25-43-73-74-44-26-62(81(55-13-31-67(86-3)32-14-55)56-15-33-68(87-4)34-16-56)50-76(74)79(75(73)49-61)77(47-45-63(51-77)82(57-17-35-69(88-5)36-18-57)58-19-37-70(89-6)38-20-58)78(79)48-46-64(52-78)83(59-21-39-71(90-7)40-22-59)60-23-41-72(91-8)42-24-60/h9-52H,1-8H3. The Balaban J connectivity index is 1.07. The molecule has 0 heterocycles. The molecule has 12 nitrogen and oxygen atoms in total. The summed E-state index contributed by atoms with van der Waals surface area (Å²) in [6.07, 6.45) is 14.7. The number of rotatable bonds is 20. The summed E-state index contributed by atoms with van der Waals surface area (Å²) in [5.41, 5.74) is 14.0. The van der Waals surface area contributed by atoms with Crippen LogP contribution in [0.1, 0.15) is 11.1 Å². The Morgan fingerprint density at radius 1 is 0.231 bits per heavy atom. The second-order valence-corrected chi connectivity index (χ2v) is 22.7. The molecule has 0 saturated heterocycles. The Morgan fingerprint density at radius 2 is 0.429 bits per heavy atom. The van der Waals surface area contributed by atoms with Gasteiger partial charge in [0.05, 0.1) is 56.9 Å². The van der Waals surface area contributed by atoms with E-state index >= 15 is 0 Å². The molecule has 10 aromatic rings. The molecule has 10 aromatic carbocycles. The summed E-state index contributed by atoms with van der Waals surface area (Å²) >= 11 is 0. The molecule has 1 saturated carbocycles. The number of anilines is 10. The fraction of sp³-hybridized carbons (Fsp3) is 0.139. The fourth-order valence-electron chi connectivity index (χ4n) is 14.1. The van der Waals surface area contributed by atoms with Gasteiger partial charge in [-0.25, -0.2) is 0 Å². The number of nitrogens with zero attached hydrogens (tertiary/aromatic N) is 4. The first-order valence-corrected chi connectivity index (χ1v) is 30.1. The number of hydrogen-bond donors (Lipinski definition) is 0. The monoisotopic (exact) mass is 1200 g/mol. The maximum atomic E-state index is 5.75. The van der Waals surface area contributed by atoms with Crippen molar-refractivity contribution in [2.45, 2.75) is 5.41 Å². The van der Waals surface area contributed by atoms with Crippen molar-refractivity contribution in [2.75, 3.05) is 76.5 Å². The van der Waals surface area contributed by atoms with Gasteiger partial charge in [0.2, 0.25) is 0 Å². The zero-order valence-corrected chi connectivity index (χ0v) is 52.0. The fourth-order valence-corrected chi connectivity index (χ4v) is 14.1. The van der Waals surface area contributed by atoms with E-state index < -0.39 is 16.2 Å². The van der Waals surface area contributed by atoms with E-state index in [9.17, 15) is 0 Å². The molecule has 4 aliphatic carbocycles. The van der Waals surface area contributed by atoms with Crippen molar-refractivity contribution >= 4 is 56.9 Å². The molecule has 0 N–H and O–H groups in total. The third-order valence-corrected chi connectivity index (χ3v) is 18.4. The van der Waals surface area contributed by atoms with E-state index in [0.717, 1.165) is 125 Å². The van der Waals surface area contributed by atoms with E-state index in [-0.39, 0.29) is 0 Å². The molecule has 4 aliphatic rings. The lowest BCUT2D eigenvalue weighted by atomic mass is 9.82. The third kappa shape index (κ3) is 9.44. The quantitative estimate of drug-likeness (QED) is 0.0728. The zero-order chi connectivity index (χ0) is 62.4. The molecule has 452 valence electrons. The van der Waals surface area contributed by atoms with Crippen molar-refractivity contribution in [3.8, 4) is 57.1 Å². The van der Waals surface area contributed by atoms with Crippen LogP contribution in [0.5, 0.6) is 46.0 Å². The maximum absolute atomic E-state index is 5.75. The van der Waals surface area contributed by atoms with Gasteiger partial charge in [0, 0.05) is 84.5 Å². The Labute approximate surface area is 531 Å². The summed E-state index contributed by atoms with van der Waals surface area (Å²) in [6.45, 7) is 0. The van der Waals surface area contributed by atoms with Gasteiger partial charge in [-0.2, -0.15) is 0 Å². The number of ether oxygens (including phenoxy) is 8. The maximum Gasteiger partial charge on any atom is 0.119 e. The lowest BCUT2D eigenvalue weighted by molar-refractivity contribution is 0.414. The van der Waals surface area contributed by atoms with Gasteiger partial charge < -0.3 is 57.5 Å². The van der Waals surface area contributed by atoms with E-state index in [1.165, 1.54) is 11.1 Å². The highest BCUT2D eigenvalue weighted by atomic mass is 16.5. The first-order valence-electron chi connectivity index (χ1n) is 30.1. The van der Waals surface area contributed by atoms with Crippen LogP contribution in [-0.2, 0) is 5.41 Å². The molecule has 0 bridgehead atoms. The van der Waals surface area contributed by atoms with Crippen LogP contribution in [0, 0.1) is 10.8 Å². The molecule has 0 amide bonds. The van der Waals surface area contributed by atoms with Crippen LogP contribution in [0.3, 0.4) is 0 Å². The summed E-state index contributed by atoms with van der Waals surface area (Å²) in [6, 6.07) is 80.2. The largest absolute Gasteiger partial charge is 0.497 e. The van der Waals surface area contributed by atoms with Crippen molar-refractivity contribution in [2.24, 2.45) is 10.8 Å². The van der Waals surface area contributed by atoms with Gasteiger partial charge in [-0.05, 0) is 265 Å². The molecule has 91 heavy (non-hydrogen) atoms. The normalized spacial score (nSPS) is 16.6. The Hall–Kier alpha value is -11.2. The lowest BCUT2D eigenvalue weighted by Crippen LogP contribution is -2.19. The summed E-state index contributed by atoms with van der Waals surface area (Å²) in [4.78, 5) is 9.31. The van der Waals surface area contributed by atoms with Gasteiger partial charge in [-0.3, -0.25) is 0 Å². The number of allylic oxidation sites excluding steroid dienone is 6. The van der Waals surface area contributed by atoms with Crippen molar-refractivity contribution in [3.05, 3.63) is 289 Å². The molecule has 2 atom stereocenters. The van der Waals surface area contributed by atoms with Crippen LogP contribution in [-0.4, -0.2) is 56.9 Å². The smallest absolute Gasteiger partial charge is 0.119 e. The molecule has 0 aromatic heterocycles. The van der Waals surface area contributed by atoms with E-state index in [0.29, 0.717) is 0 Å². The third-order valence-electron chi connectivity index (χ3n) is 18.4. The minimum Gasteiger partial charge on any atom is -0.497 e. The van der Waals surface area contributed by atoms with Crippen molar-refractivity contribution in [1.82, 2.24) is 0 Å². The first-order chi connectivity index (χ1) is 44.6. The van der Waals surface area contributed by atoms with Gasteiger partial charge in [-0.15, -0.1) is 0 Å². The van der Waals surface area contributed by atoms with Gasteiger partial charge in [-0.1, -0.05) is 24.3 Å². The number of fused-ring (bicyclic) bond motifs is 8. The Morgan fingerprint density at radius 3 is 0.637 bits per heavy atom. The highest BCUT2D eigenvalue weighted by Crippen LogP contribution is 2.89. The minimum atomic E-state index is -0.818. The molecule has 0 aliphatic heterocycles. The predicted molar refractivity (Wildman–Crippen MR) is 364 cm³/mol. The van der Waals surface area contributed by atoms with Gasteiger partial charge in [0.25, 0.3) is 0 Å². The van der Waals surface area contributed by atoms with E-state index in [2.05, 4.69) is 190 Å². The highest BCUT2D eigenvalue weighted by molar-refractivity contribution is 5.95. The van der Waals surface area contributed by atoms with Crippen LogP contribution in [0.4, 0.5) is 56.9 Å². The van der Waals surface area contributed by atoms with Crippen molar-refractivity contribution < 1.29 is 37.9 Å². The van der Waals surface area contributed by atoms with Gasteiger partial charge in [0.1, 0.15) is 46.0 Å². The predicted octanol–water partition coefficient (Wildman–Crippen LogP) is 18.5. The molecule has 1 fully saturated rings. The van der Waals surface area contributed by atoms with E-state index in [4.69, 9.17) is 37.9 Å². The molecule has 2 unspecified atom stereocenters. The van der Waals surface area contributed by atoms with Crippen LogP contribution in [0.15, 0.2) is 278 Å². The Bertz CT molecular complexity index is 3960. The summed E-state index contributed by atoms with van der Waals surface area (Å²) in [5.74, 6) is 6.12. The van der Waals surface area contributed by atoms with E-state index in [1.54, 1.807) is 56.9 Å². The van der Waals surface area contributed by atoms with Crippen LogP contribution >= 0.6 is 0 Å². The van der Waals surface area contributed by atoms with Crippen LogP contribution in [0.2, 0.25) is 0 Å². The SMILES string of the molecule is COc1ccc(N(C2=CC3(C=C2)C2(C=CC(N(c4ccc(OC)cc4)c4ccc(OC)cc4)=C2)C32c3cc(N(c4ccc(OC)cc4)c4ccc(OC)cc4)ccc3-c3ccc(N(c4ccc(OC)cc4)c4ccc(OC)cc4)cc32)c2ccc(OC)cc2)cc1. The first kappa shape index (κ1) is 57.5. The zero-order valence-electron chi connectivity index (χ0n) is 52.0. The van der Waals surface area contributed by atoms with E-state index in [1.807, 2.05) is 97.1 Å². The summed E-state index contributed by atoms with van der Waals surface area (Å²) < 4.78 is 45.9. The molecule has 0 radical (unpaired) electrons. The molecule has 12 heteroatoms. The summed E-state index contributed by atoms with van der Waals surface area (Å²) in [7, 11) is 13.6. The number of benzene rings is 10. The Kier molecular flexibility index (Phi) is 14.8. The van der Waals surface area contributed by atoms with Crippen molar-refractivity contribution in [3.63, 3.8) is 0 Å². The topological polar surface area (TPSA) is 86.8 Å². The van der Waals surface area contributed by atoms with Gasteiger partial charge >= 0.3 is 0 Å². The molecular formula is C79H68N4O8. The highest BCUT2D eigenvalue weighted by Gasteiger charge is 2.87. The van der Waals surface area contributed by atoms with Crippen molar-refractivity contribution in [1.29, 1.82) is 0 Å². The second kappa shape index (κ2) is 23.4. The number of methoxy groups -OCH3 is 8. The lowest BCUT2D eigenvalue weighted by Gasteiger charge is -2.29. The second-order valence-electron chi connectivity index (χ2n) is 22.7. The van der Waals surface area contributed by atoms with Gasteiger partial charge in [0.15, 0.2) is 0 Å². The molecule has 14 rings (SSSR count).